The number of carbonyl (C=O) groups is 1. The van der Waals surface area contributed by atoms with Crippen LogP contribution in [0.15, 0.2) is 0 Å². The van der Waals surface area contributed by atoms with Crippen LogP contribution in [-0.4, -0.2) is 50.6 Å². The second-order valence-corrected chi connectivity index (χ2v) is 7.13. The smallest absolute Gasteiger partial charge is 0.220 e. The number of carbonyl (C=O) groups excluding carboxylic acids is 1. The van der Waals surface area contributed by atoms with Crippen molar-refractivity contribution in [2.75, 3.05) is 33.7 Å². The molecule has 2 atom stereocenters. The van der Waals surface area contributed by atoms with Crippen molar-refractivity contribution >= 4 is 30.7 Å². The number of nitrogens with zero attached hydrogens (tertiary/aromatic N) is 1. The molecule has 4 nitrogen and oxygen atoms in total. The Balaban J connectivity index is 0.00000242. The summed E-state index contributed by atoms with van der Waals surface area (Å²) in [5.74, 6) is 1.70. The molecule has 1 aliphatic carbocycles. The Morgan fingerprint density at radius 2 is 1.87 bits per heavy atom. The highest BCUT2D eigenvalue weighted by atomic mass is 35.5. The highest BCUT2D eigenvalue weighted by Gasteiger charge is 2.25. The van der Waals surface area contributed by atoms with Crippen LogP contribution in [0.4, 0.5) is 0 Å². The van der Waals surface area contributed by atoms with Gasteiger partial charge in [-0.3, -0.25) is 4.79 Å². The minimum Gasteiger partial charge on any atom is -0.355 e. The molecular weight excluding hydrogens is 333 g/mol. The number of amides is 1. The number of likely N-dealkylation sites (N-methyl/N-ethyl adjacent to an activating group) is 1. The minimum absolute atomic E-state index is 0. The molecule has 0 bridgehead atoms. The average Bonchev–Trinajstić information content (AvgIpc) is 2.99. The van der Waals surface area contributed by atoms with E-state index in [1.54, 1.807) is 0 Å². The van der Waals surface area contributed by atoms with Gasteiger partial charge in [-0.05, 0) is 64.7 Å². The van der Waals surface area contributed by atoms with Gasteiger partial charge in [-0.2, -0.15) is 0 Å². The Morgan fingerprint density at radius 3 is 2.43 bits per heavy atom. The van der Waals surface area contributed by atoms with E-state index < -0.39 is 0 Å². The van der Waals surface area contributed by atoms with Crippen molar-refractivity contribution in [1.82, 2.24) is 15.5 Å². The molecule has 2 unspecified atom stereocenters. The summed E-state index contributed by atoms with van der Waals surface area (Å²) in [4.78, 5) is 14.4. The number of rotatable bonds is 7. The van der Waals surface area contributed by atoms with Gasteiger partial charge in [0.1, 0.15) is 0 Å². The molecule has 2 aliphatic rings. The van der Waals surface area contributed by atoms with Crippen LogP contribution in [0.3, 0.4) is 0 Å². The van der Waals surface area contributed by atoms with E-state index in [-0.39, 0.29) is 30.7 Å². The van der Waals surface area contributed by atoms with Crippen LogP contribution >= 0.6 is 24.8 Å². The molecule has 1 saturated heterocycles. The molecule has 1 heterocycles. The van der Waals surface area contributed by atoms with Gasteiger partial charge in [0.25, 0.3) is 0 Å². The van der Waals surface area contributed by atoms with Crippen LogP contribution in [0, 0.1) is 11.8 Å². The van der Waals surface area contributed by atoms with Gasteiger partial charge in [-0.1, -0.05) is 19.3 Å². The molecule has 23 heavy (non-hydrogen) atoms. The summed E-state index contributed by atoms with van der Waals surface area (Å²) in [6.07, 6.45) is 9.72. The van der Waals surface area contributed by atoms with Crippen molar-refractivity contribution in [2.24, 2.45) is 11.8 Å². The van der Waals surface area contributed by atoms with Gasteiger partial charge in [0.15, 0.2) is 0 Å². The summed E-state index contributed by atoms with van der Waals surface area (Å²) in [6, 6.07) is 0.502. The lowest BCUT2D eigenvalue weighted by atomic mass is 9.83. The molecule has 0 spiro atoms. The Hall–Kier alpha value is -0.0300. The van der Waals surface area contributed by atoms with Crippen LogP contribution < -0.4 is 10.6 Å². The second-order valence-electron chi connectivity index (χ2n) is 7.13. The molecule has 0 aromatic heterocycles. The number of halogens is 2. The fourth-order valence-electron chi connectivity index (χ4n) is 3.89. The summed E-state index contributed by atoms with van der Waals surface area (Å²) >= 11 is 0. The fourth-order valence-corrected chi connectivity index (χ4v) is 3.89. The molecule has 2 fully saturated rings. The average molecular weight is 368 g/mol. The van der Waals surface area contributed by atoms with E-state index in [4.69, 9.17) is 0 Å². The highest BCUT2D eigenvalue weighted by molar-refractivity contribution is 5.85. The van der Waals surface area contributed by atoms with E-state index in [2.05, 4.69) is 29.6 Å². The summed E-state index contributed by atoms with van der Waals surface area (Å²) in [6.45, 7) is 3.03. The number of hydrogen-bond acceptors (Lipinski definition) is 3. The molecule has 2 N–H and O–H groups in total. The van der Waals surface area contributed by atoms with Crippen molar-refractivity contribution in [1.29, 1.82) is 0 Å². The lowest BCUT2D eigenvalue weighted by molar-refractivity contribution is -0.121. The maximum atomic E-state index is 12.1. The van der Waals surface area contributed by atoms with Gasteiger partial charge in [0, 0.05) is 19.0 Å². The van der Waals surface area contributed by atoms with Crippen LogP contribution in [0.2, 0.25) is 0 Å². The summed E-state index contributed by atoms with van der Waals surface area (Å²) in [5, 5.41) is 6.55. The van der Waals surface area contributed by atoms with Gasteiger partial charge in [-0.15, -0.1) is 24.8 Å². The van der Waals surface area contributed by atoms with Crippen molar-refractivity contribution in [3.8, 4) is 0 Å². The van der Waals surface area contributed by atoms with Gasteiger partial charge >= 0.3 is 0 Å². The molecule has 6 heteroatoms. The maximum absolute atomic E-state index is 12.1. The third-order valence-electron chi connectivity index (χ3n) is 5.31. The lowest BCUT2D eigenvalue weighted by Crippen LogP contribution is -2.45. The summed E-state index contributed by atoms with van der Waals surface area (Å²) in [5.41, 5.74) is 0. The van der Waals surface area contributed by atoms with E-state index >= 15 is 0 Å². The largest absolute Gasteiger partial charge is 0.355 e. The second kappa shape index (κ2) is 12.3. The first kappa shape index (κ1) is 23.0. The van der Waals surface area contributed by atoms with Gasteiger partial charge < -0.3 is 15.5 Å². The summed E-state index contributed by atoms with van der Waals surface area (Å²) in [7, 11) is 4.30. The van der Waals surface area contributed by atoms with Crippen LogP contribution in [0.1, 0.15) is 51.4 Å². The predicted molar refractivity (Wildman–Crippen MR) is 102 cm³/mol. The quantitative estimate of drug-likeness (QED) is 0.726. The first-order chi connectivity index (χ1) is 10.2. The molecule has 0 radical (unpaired) electrons. The van der Waals surface area contributed by atoms with Gasteiger partial charge in [0.05, 0.1) is 0 Å². The SMILES string of the molecule is CN(C)C(CNC(=O)CCC1CCNC1)C1CCCCC1.Cl.Cl. The third kappa shape index (κ3) is 8.06. The molecule has 1 amide bonds. The van der Waals surface area contributed by atoms with Gasteiger partial charge in [0.2, 0.25) is 5.91 Å². The zero-order chi connectivity index (χ0) is 15.1. The predicted octanol–water partition coefficient (Wildman–Crippen LogP) is 2.85. The standard InChI is InChI=1S/C17H33N3O.2ClH/c1-20(2)16(15-6-4-3-5-7-15)13-19-17(21)9-8-14-10-11-18-12-14;;/h14-16,18H,3-13H2,1-2H3,(H,19,21);2*1H. The first-order valence-electron chi connectivity index (χ1n) is 8.80. The normalized spacial score (nSPS) is 23.0. The molecule has 1 saturated carbocycles. The Kier molecular flexibility index (Phi) is 12.3. The van der Waals surface area contributed by atoms with Crippen molar-refractivity contribution in [2.45, 2.75) is 57.4 Å². The zero-order valence-corrected chi connectivity index (χ0v) is 16.3. The molecule has 0 aromatic rings. The van der Waals surface area contributed by atoms with Crippen LogP contribution in [0.25, 0.3) is 0 Å². The zero-order valence-electron chi connectivity index (χ0n) is 14.7. The fraction of sp³-hybridized carbons (Fsp3) is 0.941. The molecule has 1 aliphatic heterocycles. The topological polar surface area (TPSA) is 44.4 Å². The molecule has 0 aromatic carbocycles. The van der Waals surface area contributed by atoms with Crippen molar-refractivity contribution in [3.63, 3.8) is 0 Å². The van der Waals surface area contributed by atoms with E-state index in [0.717, 1.165) is 32.0 Å². The Labute approximate surface area is 154 Å². The van der Waals surface area contributed by atoms with Crippen molar-refractivity contribution < 1.29 is 4.79 Å². The third-order valence-corrected chi connectivity index (χ3v) is 5.31. The first-order valence-corrected chi connectivity index (χ1v) is 8.80. The Morgan fingerprint density at radius 1 is 1.17 bits per heavy atom. The number of nitrogens with one attached hydrogen (secondary N) is 2. The monoisotopic (exact) mass is 367 g/mol. The van der Waals surface area contributed by atoms with E-state index in [9.17, 15) is 4.79 Å². The van der Waals surface area contributed by atoms with E-state index in [1.807, 2.05) is 0 Å². The number of hydrogen-bond donors (Lipinski definition) is 2. The molecular formula is C17H35Cl2N3O. The van der Waals surface area contributed by atoms with E-state index in [1.165, 1.54) is 38.5 Å². The van der Waals surface area contributed by atoms with Crippen LogP contribution in [0.5, 0.6) is 0 Å². The van der Waals surface area contributed by atoms with E-state index in [0.29, 0.717) is 18.4 Å². The molecule has 2 rings (SSSR count). The van der Waals surface area contributed by atoms with Crippen molar-refractivity contribution in [3.05, 3.63) is 0 Å². The van der Waals surface area contributed by atoms with Crippen LogP contribution in [-0.2, 0) is 4.79 Å². The Bertz CT molecular complexity index is 317. The van der Waals surface area contributed by atoms with Gasteiger partial charge in [-0.25, -0.2) is 0 Å². The summed E-state index contributed by atoms with van der Waals surface area (Å²) < 4.78 is 0. The minimum atomic E-state index is 0. The molecule has 138 valence electrons. The highest BCUT2D eigenvalue weighted by Crippen LogP contribution is 2.28. The lowest BCUT2D eigenvalue weighted by Gasteiger charge is -2.35. The maximum Gasteiger partial charge on any atom is 0.220 e.